The number of carbonyl (C=O) groups is 2. The number of nitriles is 1. The molecular formula is C8H6N2O3S. The van der Waals surface area contributed by atoms with Crippen molar-refractivity contribution in [1.29, 1.82) is 5.26 Å². The zero-order valence-corrected chi connectivity index (χ0v) is 8.01. The van der Waals surface area contributed by atoms with E-state index in [2.05, 4.69) is 5.32 Å². The van der Waals surface area contributed by atoms with Crippen molar-refractivity contribution < 1.29 is 14.7 Å². The summed E-state index contributed by atoms with van der Waals surface area (Å²) < 4.78 is 0. The quantitative estimate of drug-likeness (QED) is 0.769. The van der Waals surface area contributed by atoms with Crippen molar-refractivity contribution >= 4 is 28.2 Å². The number of carboxylic acids is 1. The molecule has 1 amide bonds. The van der Waals surface area contributed by atoms with Crippen molar-refractivity contribution in [1.82, 2.24) is 0 Å². The average molecular weight is 210 g/mol. The van der Waals surface area contributed by atoms with E-state index in [9.17, 15) is 9.59 Å². The van der Waals surface area contributed by atoms with Gasteiger partial charge in [0, 0.05) is 6.92 Å². The Morgan fingerprint density at radius 2 is 2.29 bits per heavy atom. The fourth-order valence-corrected chi connectivity index (χ4v) is 1.73. The summed E-state index contributed by atoms with van der Waals surface area (Å²) in [5, 5.41) is 19.9. The Bertz CT molecular complexity index is 430. The Morgan fingerprint density at radius 1 is 1.64 bits per heavy atom. The van der Waals surface area contributed by atoms with E-state index in [1.54, 1.807) is 0 Å². The largest absolute Gasteiger partial charge is 0.477 e. The maximum atomic E-state index is 10.7. The van der Waals surface area contributed by atoms with Gasteiger partial charge in [0.2, 0.25) is 5.91 Å². The summed E-state index contributed by atoms with van der Waals surface area (Å²) in [5.41, 5.74) is 0.169. The first kappa shape index (κ1) is 10.2. The zero-order valence-electron chi connectivity index (χ0n) is 7.20. The number of nitrogens with one attached hydrogen (secondary N) is 1. The van der Waals surface area contributed by atoms with Crippen molar-refractivity contribution in [3.63, 3.8) is 0 Å². The predicted molar refractivity (Wildman–Crippen MR) is 50.3 cm³/mol. The van der Waals surface area contributed by atoms with Crippen molar-refractivity contribution in [2.75, 3.05) is 5.32 Å². The molecule has 72 valence electrons. The van der Waals surface area contributed by atoms with E-state index < -0.39 is 5.97 Å². The molecule has 0 fully saturated rings. The molecule has 0 unspecified atom stereocenters. The van der Waals surface area contributed by atoms with Crippen molar-refractivity contribution in [3.8, 4) is 6.07 Å². The van der Waals surface area contributed by atoms with Crippen molar-refractivity contribution in [2.45, 2.75) is 6.92 Å². The van der Waals surface area contributed by atoms with E-state index in [-0.39, 0.29) is 21.3 Å². The molecule has 0 atom stereocenters. The monoisotopic (exact) mass is 210 g/mol. The highest BCUT2D eigenvalue weighted by Gasteiger charge is 2.13. The molecule has 0 aliphatic rings. The fourth-order valence-electron chi connectivity index (χ4n) is 0.832. The van der Waals surface area contributed by atoms with Gasteiger partial charge < -0.3 is 10.4 Å². The molecule has 0 aliphatic heterocycles. The zero-order chi connectivity index (χ0) is 10.7. The van der Waals surface area contributed by atoms with Crippen LogP contribution in [0.15, 0.2) is 6.07 Å². The molecule has 5 nitrogen and oxygen atoms in total. The highest BCUT2D eigenvalue weighted by atomic mass is 32.1. The van der Waals surface area contributed by atoms with Gasteiger partial charge in [-0.05, 0) is 6.07 Å². The summed E-state index contributed by atoms with van der Waals surface area (Å²) in [6, 6.07) is 3.04. The average Bonchev–Trinajstić information content (AvgIpc) is 2.46. The van der Waals surface area contributed by atoms with Gasteiger partial charge in [0.25, 0.3) is 0 Å². The van der Waals surface area contributed by atoms with E-state index in [0.717, 1.165) is 11.3 Å². The maximum absolute atomic E-state index is 10.7. The van der Waals surface area contributed by atoms with Crippen LogP contribution in [-0.2, 0) is 4.79 Å². The van der Waals surface area contributed by atoms with E-state index >= 15 is 0 Å². The molecule has 1 rings (SSSR count). The van der Waals surface area contributed by atoms with Gasteiger partial charge in [-0.25, -0.2) is 4.79 Å². The van der Waals surface area contributed by atoms with E-state index in [0.29, 0.717) is 0 Å². The molecule has 1 aromatic heterocycles. The molecule has 2 N–H and O–H groups in total. The van der Waals surface area contributed by atoms with Gasteiger partial charge >= 0.3 is 5.97 Å². The number of nitrogens with zero attached hydrogens (tertiary/aromatic N) is 1. The van der Waals surface area contributed by atoms with Crippen LogP contribution in [0.1, 0.15) is 22.2 Å². The second kappa shape index (κ2) is 3.89. The van der Waals surface area contributed by atoms with Crippen LogP contribution in [0.5, 0.6) is 0 Å². The van der Waals surface area contributed by atoms with Crippen LogP contribution in [0.25, 0.3) is 0 Å². The van der Waals surface area contributed by atoms with Gasteiger partial charge in [-0.2, -0.15) is 5.26 Å². The van der Waals surface area contributed by atoms with Gasteiger partial charge in [0.05, 0.1) is 5.56 Å². The number of amides is 1. The lowest BCUT2D eigenvalue weighted by Crippen LogP contribution is -2.04. The molecule has 0 spiro atoms. The summed E-state index contributed by atoms with van der Waals surface area (Å²) in [4.78, 5) is 21.3. The van der Waals surface area contributed by atoms with Gasteiger partial charge in [-0.3, -0.25) is 4.79 Å². The third kappa shape index (κ3) is 2.08. The van der Waals surface area contributed by atoms with Crippen LogP contribution in [-0.4, -0.2) is 17.0 Å². The second-order valence-corrected chi connectivity index (χ2v) is 3.50. The number of anilines is 1. The molecule has 1 heterocycles. The molecule has 6 heteroatoms. The minimum Gasteiger partial charge on any atom is -0.477 e. The molecule has 0 saturated heterocycles. The molecule has 0 aromatic carbocycles. The highest BCUT2D eigenvalue weighted by molar-refractivity contribution is 7.18. The Morgan fingerprint density at radius 3 is 2.71 bits per heavy atom. The number of carbonyl (C=O) groups excluding carboxylic acids is 1. The topological polar surface area (TPSA) is 90.2 Å². The molecule has 0 aliphatic carbocycles. The van der Waals surface area contributed by atoms with Crippen LogP contribution >= 0.6 is 11.3 Å². The first-order valence-electron chi connectivity index (χ1n) is 3.59. The van der Waals surface area contributed by atoms with Crippen LogP contribution in [0, 0.1) is 11.3 Å². The lowest BCUT2D eigenvalue weighted by molar-refractivity contribution is -0.114. The van der Waals surface area contributed by atoms with Crippen LogP contribution in [0.3, 0.4) is 0 Å². The van der Waals surface area contributed by atoms with Gasteiger partial charge in [-0.15, -0.1) is 11.3 Å². The Labute approximate surface area is 83.6 Å². The summed E-state index contributed by atoms with van der Waals surface area (Å²) in [6.07, 6.45) is 0. The lowest BCUT2D eigenvalue weighted by atomic mass is 10.3. The fraction of sp³-hybridized carbons (Fsp3) is 0.125. The number of hydrogen-bond donors (Lipinski definition) is 2. The molecule has 0 radical (unpaired) electrons. The van der Waals surface area contributed by atoms with Gasteiger partial charge in [0.1, 0.15) is 15.9 Å². The third-order valence-corrected chi connectivity index (χ3v) is 2.39. The second-order valence-electron chi connectivity index (χ2n) is 2.45. The van der Waals surface area contributed by atoms with E-state index in [1.165, 1.54) is 13.0 Å². The number of carboxylic acid groups (broad SMARTS) is 1. The smallest absolute Gasteiger partial charge is 0.345 e. The summed E-state index contributed by atoms with van der Waals surface area (Å²) in [6.45, 7) is 1.29. The molecule has 14 heavy (non-hydrogen) atoms. The maximum Gasteiger partial charge on any atom is 0.345 e. The molecule has 1 aromatic rings. The van der Waals surface area contributed by atoms with Crippen LogP contribution in [0.4, 0.5) is 5.00 Å². The Balaban J connectivity index is 3.10. The minimum absolute atomic E-state index is 0.0327. The lowest BCUT2D eigenvalue weighted by Gasteiger charge is -1.95. The molecule has 0 saturated carbocycles. The van der Waals surface area contributed by atoms with Crippen molar-refractivity contribution in [3.05, 3.63) is 16.5 Å². The number of rotatable bonds is 2. The summed E-state index contributed by atoms with van der Waals surface area (Å²) in [7, 11) is 0. The highest BCUT2D eigenvalue weighted by Crippen LogP contribution is 2.27. The SMILES string of the molecule is CC(=O)Nc1sc(C(=O)O)cc1C#N. The van der Waals surface area contributed by atoms with Crippen molar-refractivity contribution in [2.24, 2.45) is 0 Å². The first-order valence-corrected chi connectivity index (χ1v) is 4.41. The third-order valence-electron chi connectivity index (χ3n) is 1.35. The van der Waals surface area contributed by atoms with Crippen LogP contribution in [0.2, 0.25) is 0 Å². The van der Waals surface area contributed by atoms with Crippen LogP contribution < -0.4 is 5.32 Å². The number of aromatic carboxylic acids is 1. The minimum atomic E-state index is -1.11. The normalized spacial score (nSPS) is 9.14. The predicted octanol–water partition coefficient (Wildman–Crippen LogP) is 1.28. The number of hydrogen-bond acceptors (Lipinski definition) is 4. The van der Waals surface area contributed by atoms with E-state index in [4.69, 9.17) is 10.4 Å². The molecular weight excluding hydrogens is 204 g/mol. The van der Waals surface area contributed by atoms with Gasteiger partial charge in [-0.1, -0.05) is 0 Å². The van der Waals surface area contributed by atoms with E-state index in [1.807, 2.05) is 6.07 Å². The van der Waals surface area contributed by atoms with Gasteiger partial charge in [0.15, 0.2) is 0 Å². The Hall–Kier alpha value is -1.87. The summed E-state index contributed by atoms with van der Waals surface area (Å²) >= 11 is 0.867. The Kier molecular flexibility index (Phi) is 2.84. The number of thiophene rings is 1. The standard InChI is InChI=1S/C8H6N2O3S/c1-4(11)10-7-5(3-9)2-6(14-7)8(12)13/h2H,1H3,(H,10,11)(H,12,13). The molecule has 0 bridgehead atoms. The summed E-state index contributed by atoms with van der Waals surface area (Å²) in [5.74, 6) is -1.44. The first-order chi connectivity index (χ1) is 6.54.